The number of ether oxygens (including phenoxy) is 4. The zero-order chi connectivity index (χ0) is 18.7. The van der Waals surface area contributed by atoms with Gasteiger partial charge in [0, 0.05) is 13.2 Å². The SMILES string of the molecule is CCOCCOCc1ccccc1.CCOCCOCc1ccccc1. The second-order valence-corrected chi connectivity index (χ2v) is 5.47. The lowest BCUT2D eigenvalue weighted by Gasteiger charge is -2.03. The molecule has 0 N–H and O–H groups in total. The van der Waals surface area contributed by atoms with Gasteiger partial charge < -0.3 is 18.9 Å². The summed E-state index contributed by atoms with van der Waals surface area (Å²) in [6.07, 6.45) is 0. The van der Waals surface area contributed by atoms with Crippen LogP contribution in [0.25, 0.3) is 0 Å². The van der Waals surface area contributed by atoms with Gasteiger partial charge in [0.25, 0.3) is 0 Å². The number of hydrogen-bond acceptors (Lipinski definition) is 4. The Bertz CT molecular complexity index is 467. The van der Waals surface area contributed by atoms with Crippen LogP contribution in [-0.4, -0.2) is 39.6 Å². The molecule has 0 heterocycles. The largest absolute Gasteiger partial charge is 0.379 e. The van der Waals surface area contributed by atoms with E-state index in [9.17, 15) is 0 Å². The van der Waals surface area contributed by atoms with E-state index in [1.54, 1.807) is 0 Å². The molecule has 144 valence electrons. The van der Waals surface area contributed by atoms with Crippen LogP contribution in [0.4, 0.5) is 0 Å². The molecule has 0 aliphatic heterocycles. The van der Waals surface area contributed by atoms with Crippen LogP contribution in [0.15, 0.2) is 60.7 Å². The van der Waals surface area contributed by atoms with Crippen molar-refractivity contribution in [2.45, 2.75) is 27.1 Å². The van der Waals surface area contributed by atoms with E-state index >= 15 is 0 Å². The molecule has 0 saturated carbocycles. The smallest absolute Gasteiger partial charge is 0.0718 e. The highest BCUT2D eigenvalue weighted by Gasteiger charge is 1.91. The van der Waals surface area contributed by atoms with Gasteiger partial charge in [-0.15, -0.1) is 0 Å². The van der Waals surface area contributed by atoms with Crippen LogP contribution in [0.3, 0.4) is 0 Å². The van der Waals surface area contributed by atoms with E-state index in [0.717, 1.165) is 13.2 Å². The third kappa shape index (κ3) is 12.6. The molecular weight excluding hydrogens is 328 g/mol. The molecule has 0 spiro atoms. The van der Waals surface area contributed by atoms with Crippen molar-refractivity contribution in [2.75, 3.05) is 39.6 Å². The minimum absolute atomic E-state index is 0.669. The molecule has 0 bridgehead atoms. The molecule has 0 saturated heterocycles. The van der Waals surface area contributed by atoms with E-state index in [2.05, 4.69) is 24.3 Å². The van der Waals surface area contributed by atoms with Gasteiger partial charge in [-0.1, -0.05) is 60.7 Å². The molecule has 2 rings (SSSR count). The van der Waals surface area contributed by atoms with E-state index in [1.165, 1.54) is 11.1 Å². The predicted molar refractivity (Wildman–Crippen MR) is 105 cm³/mol. The van der Waals surface area contributed by atoms with Crippen molar-refractivity contribution in [1.29, 1.82) is 0 Å². The van der Waals surface area contributed by atoms with Crippen molar-refractivity contribution in [3.05, 3.63) is 71.8 Å². The molecule has 4 nitrogen and oxygen atoms in total. The first-order chi connectivity index (χ1) is 12.9. The molecule has 2 aromatic rings. The second kappa shape index (κ2) is 16.7. The van der Waals surface area contributed by atoms with Crippen LogP contribution in [-0.2, 0) is 32.2 Å². The summed E-state index contributed by atoms with van der Waals surface area (Å²) in [5.74, 6) is 0. The lowest BCUT2D eigenvalue weighted by atomic mass is 10.2. The number of benzene rings is 2. The van der Waals surface area contributed by atoms with Gasteiger partial charge in [-0.2, -0.15) is 0 Å². The van der Waals surface area contributed by atoms with Gasteiger partial charge in [-0.25, -0.2) is 0 Å². The lowest BCUT2D eigenvalue weighted by Crippen LogP contribution is -2.03. The highest BCUT2D eigenvalue weighted by molar-refractivity contribution is 5.14. The molecule has 0 unspecified atom stereocenters. The van der Waals surface area contributed by atoms with Gasteiger partial charge in [0.05, 0.1) is 39.6 Å². The molecule has 0 radical (unpaired) electrons. The third-order valence-corrected chi connectivity index (χ3v) is 3.38. The van der Waals surface area contributed by atoms with Crippen LogP contribution < -0.4 is 0 Å². The maximum Gasteiger partial charge on any atom is 0.0718 e. The Morgan fingerprint density at radius 1 is 0.500 bits per heavy atom. The van der Waals surface area contributed by atoms with Crippen LogP contribution in [0.1, 0.15) is 25.0 Å². The van der Waals surface area contributed by atoms with Gasteiger partial charge >= 0.3 is 0 Å². The van der Waals surface area contributed by atoms with Crippen molar-refractivity contribution >= 4 is 0 Å². The average molecular weight is 360 g/mol. The zero-order valence-electron chi connectivity index (χ0n) is 16.1. The Hall–Kier alpha value is -1.72. The molecular formula is C22H32O4. The number of rotatable bonds is 12. The average Bonchev–Trinajstić information content (AvgIpc) is 2.70. The highest BCUT2D eigenvalue weighted by Crippen LogP contribution is 2.00. The molecule has 0 fully saturated rings. The van der Waals surface area contributed by atoms with Gasteiger partial charge in [-0.05, 0) is 25.0 Å². The summed E-state index contributed by atoms with van der Waals surface area (Å²) >= 11 is 0. The summed E-state index contributed by atoms with van der Waals surface area (Å²) in [6.45, 7) is 9.54. The first kappa shape index (κ1) is 22.3. The third-order valence-electron chi connectivity index (χ3n) is 3.38. The van der Waals surface area contributed by atoms with E-state index in [-0.39, 0.29) is 0 Å². The maximum absolute atomic E-state index is 5.40. The van der Waals surface area contributed by atoms with Crippen molar-refractivity contribution in [3.8, 4) is 0 Å². The fourth-order valence-corrected chi connectivity index (χ4v) is 2.05. The van der Waals surface area contributed by atoms with Crippen molar-refractivity contribution in [1.82, 2.24) is 0 Å². The van der Waals surface area contributed by atoms with Crippen molar-refractivity contribution in [2.24, 2.45) is 0 Å². The number of hydrogen-bond donors (Lipinski definition) is 0. The molecule has 0 aromatic heterocycles. The van der Waals surface area contributed by atoms with Crippen molar-refractivity contribution < 1.29 is 18.9 Å². The summed E-state index contributed by atoms with van der Waals surface area (Å²) in [5.41, 5.74) is 2.41. The molecule has 0 amide bonds. The Labute approximate surface area is 158 Å². The van der Waals surface area contributed by atoms with Crippen LogP contribution in [0, 0.1) is 0 Å². The Morgan fingerprint density at radius 2 is 0.846 bits per heavy atom. The summed E-state index contributed by atoms with van der Waals surface area (Å²) in [6, 6.07) is 20.3. The minimum Gasteiger partial charge on any atom is -0.379 e. The van der Waals surface area contributed by atoms with Gasteiger partial charge in [0.15, 0.2) is 0 Å². The van der Waals surface area contributed by atoms with E-state index in [1.807, 2.05) is 50.2 Å². The Kier molecular flexibility index (Phi) is 14.4. The van der Waals surface area contributed by atoms with Gasteiger partial charge in [0.2, 0.25) is 0 Å². The Balaban J connectivity index is 0.000000260. The monoisotopic (exact) mass is 360 g/mol. The summed E-state index contributed by atoms with van der Waals surface area (Å²) in [5, 5.41) is 0. The van der Waals surface area contributed by atoms with Crippen LogP contribution >= 0.6 is 0 Å². The van der Waals surface area contributed by atoms with Gasteiger partial charge in [-0.3, -0.25) is 0 Å². The molecule has 2 aromatic carbocycles. The van der Waals surface area contributed by atoms with Crippen molar-refractivity contribution in [3.63, 3.8) is 0 Å². The first-order valence-corrected chi connectivity index (χ1v) is 9.25. The maximum atomic E-state index is 5.40. The first-order valence-electron chi connectivity index (χ1n) is 9.25. The van der Waals surface area contributed by atoms with E-state index in [4.69, 9.17) is 18.9 Å². The summed E-state index contributed by atoms with van der Waals surface area (Å²) in [4.78, 5) is 0. The lowest BCUT2D eigenvalue weighted by molar-refractivity contribution is 0.0453. The fraction of sp³-hybridized carbons (Fsp3) is 0.455. The normalized spacial score (nSPS) is 10.2. The van der Waals surface area contributed by atoms with Crippen LogP contribution in [0.2, 0.25) is 0 Å². The van der Waals surface area contributed by atoms with E-state index < -0.39 is 0 Å². The highest BCUT2D eigenvalue weighted by atomic mass is 16.5. The molecule has 0 atom stereocenters. The topological polar surface area (TPSA) is 36.9 Å². The fourth-order valence-electron chi connectivity index (χ4n) is 2.05. The predicted octanol–water partition coefficient (Wildman–Crippen LogP) is 4.48. The molecule has 0 aliphatic carbocycles. The molecule has 4 heteroatoms. The Morgan fingerprint density at radius 3 is 1.19 bits per heavy atom. The van der Waals surface area contributed by atoms with Gasteiger partial charge in [0.1, 0.15) is 0 Å². The second-order valence-electron chi connectivity index (χ2n) is 5.47. The minimum atomic E-state index is 0.669. The summed E-state index contributed by atoms with van der Waals surface area (Å²) < 4.78 is 21.1. The summed E-state index contributed by atoms with van der Waals surface area (Å²) in [7, 11) is 0. The zero-order valence-corrected chi connectivity index (χ0v) is 16.1. The molecule has 0 aliphatic rings. The standard InChI is InChI=1S/2C11H16O2/c2*1-2-12-8-9-13-10-11-6-4-3-5-7-11/h2*3-7H,2,8-10H2,1H3. The van der Waals surface area contributed by atoms with Crippen LogP contribution in [0.5, 0.6) is 0 Å². The molecule has 26 heavy (non-hydrogen) atoms. The van der Waals surface area contributed by atoms with E-state index in [0.29, 0.717) is 39.6 Å². The quantitative estimate of drug-likeness (QED) is 0.523.